The molecule has 2 aromatic rings. The number of imidazole rings is 1. The molecule has 1 aromatic heterocycles. The molecule has 98 valence electrons. The van der Waals surface area contributed by atoms with Crippen LogP contribution < -0.4 is 5.32 Å². The lowest BCUT2D eigenvalue weighted by Crippen LogP contribution is -2.26. The Bertz CT molecular complexity index is 513. The van der Waals surface area contributed by atoms with Gasteiger partial charge in [0.2, 0.25) is 0 Å². The van der Waals surface area contributed by atoms with E-state index in [1.54, 1.807) is 0 Å². The van der Waals surface area contributed by atoms with Crippen molar-refractivity contribution in [2.45, 2.75) is 52.7 Å². The Labute approximate surface area is 109 Å². The fourth-order valence-electron chi connectivity index (χ4n) is 2.21. The molecule has 0 aliphatic rings. The molecule has 1 aromatic carbocycles. The van der Waals surface area contributed by atoms with Gasteiger partial charge in [-0.1, -0.05) is 19.1 Å². The lowest BCUT2D eigenvalue weighted by Gasteiger charge is -2.15. The normalized spacial score (nSPS) is 13.4. The number of benzene rings is 1. The Balaban J connectivity index is 2.34. The van der Waals surface area contributed by atoms with Crippen LogP contribution in [0.5, 0.6) is 0 Å². The Morgan fingerprint density at radius 2 is 1.94 bits per heavy atom. The van der Waals surface area contributed by atoms with Gasteiger partial charge in [0.25, 0.3) is 0 Å². The van der Waals surface area contributed by atoms with Gasteiger partial charge in [-0.2, -0.15) is 0 Å². The van der Waals surface area contributed by atoms with Crippen LogP contribution in [0.3, 0.4) is 0 Å². The number of aromatic nitrogens is 2. The van der Waals surface area contributed by atoms with Crippen molar-refractivity contribution >= 4 is 11.0 Å². The lowest BCUT2D eigenvalue weighted by molar-refractivity contribution is 0.496. The molecule has 0 spiro atoms. The summed E-state index contributed by atoms with van der Waals surface area (Å²) in [6, 6.07) is 9.33. The average Bonchev–Trinajstić information content (AvgIpc) is 2.74. The molecule has 2 rings (SSSR count). The average molecular weight is 245 g/mol. The van der Waals surface area contributed by atoms with Crippen LogP contribution in [0.1, 0.15) is 46.0 Å². The Morgan fingerprint density at radius 1 is 1.22 bits per heavy atom. The van der Waals surface area contributed by atoms with Crippen LogP contribution in [-0.4, -0.2) is 15.6 Å². The molecular weight excluding hydrogens is 222 g/mol. The van der Waals surface area contributed by atoms with Crippen molar-refractivity contribution in [2.24, 2.45) is 0 Å². The highest BCUT2D eigenvalue weighted by atomic mass is 15.1. The minimum Gasteiger partial charge on any atom is -0.324 e. The SMILES string of the molecule is CCC(C)NCc1nc2ccccc2n1C(C)C. The number of para-hydroxylation sites is 2. The zero-order valence-electron chi connectivity index (χ0n) is 11.8. The third-order valence-corrected chi connectivity index (χ3v) is 3.41. The minimum atomic E-state index is 0.436. The van der Waals surface area contributed by atoms with Crippen LogP contribution in [0, 0.1) is 0 Å². The van der Waals surface area contributed by atoms with E-state index in [2.05, 4.69) is 55.8 Å². The van der Waals surface area contributed by atoms with Gasteiger partial charge in [0, 0.05) is 12.1 Å². The first-order valence-electron chi connectivity index (χ1n) is 6.82. The van der Waals surface area contributed by atoms with Gasteiger partial charge in [0.15, 0.2) is 0 Å². The van der Waals surface area contributed by atoms with E-state index in [4.69, 9.17) is 4.98 Å². The van der Waals surface area contributed by atoms with Crippen LogP contribution in [0.4, 0.5) is 0 Å². The summed E-state index contributed by atoms with van der Waals surface area (Å²) in [6.45, 7) is 9.66. The monoisotopic (exact) mass is 245 g/mol. The van der Waals surface area contributed by atoms with Gasteiger partial charge >= 0.3 is 0 Å². The maximum Gasteiger partial charge on any atom is 0.124 e. The lowest BCUT2D eigenvalue weighted by atomic mass is 10.2. The third kappa shape index (κ3) is 2.56. The maximum absolute atomic E-state index is 4.74. The summed E-state index contributed by atoms with van der Waals surface area (Å²) < 4.78 is 2.32. The van der Waals surface area contributed by atoms with E-state index in [9.17, 15) is 0 Å². The molecule has 1 atom stereocenters. The van der Waals surface area contributed by atoms with E-state index in [1.807, 2.05) is 6.07 Å². The standard InChI is InChI=1S/C15H23N3/c1-5-12(4)16-10-15-17-13-8-6-7-9-14(13)18(15)11(2)3/h6-9,11-12,16H,5,10H2,1-4H3. The van der Waals surface area contributed by atoms with Gasteiger partial charge in [-0.05, 0) is 39.3 Å². The molecule has 0 bridgehead atoms. The van der Waals surface area contributed by atoms with Crippen LogP contribution in [0.2, 0.25) is 0 Å². The number of hydrogen-bond acceptors (Lipinski definition) is 2. The molecule has 1 unspecified atom stereocenters. The molecule has 18 heavy (non-hydrogen) atoms. The number of nitrogens with one attached hydrogen (secondary N) is 1. The fraction of sp³-hybridized carbons (Fsp3) is 0.533. The van der Waals surface area contributed by atoms with E-state index in [-0.39, 0.29) is 0 Å². The molecule has 1 heterocycles. The van der Waals surface area contributed by atoms with E-state index in [0.717, 1.165) is 24.3 Å². The van der Waals surface area contributed by atoms with Gasteiger partial charge < -0.3 is 9.88 Å². The van der Waals surface area contributed by atoms with Crippen molar-refractivity contribution < 1.29 is 0 Å². The van der Waals surface area contributed by atoms with Gasteiger partial charge in [0.1, 0.15) is 5.82 Å². The molecule has 0 amide bonds. The first kappa shape index (κ1) is 13.1. The van der Waals surface area contributed by atoms with Crippen LogP contribution >= 0.6 is 0 Å². The second-order valence-electron chi connectivity index (χ2n) is 5.17. The summed E-state index contributed by atoms with van der Waals surface area (Å²) in [7, 11) is 0. The second-order valence-corrected chi connectivity index (χ2v) is 5.17. The summed E-state index contributed by atoms with van der Waals surface area (Å²) in [5.74, 6) is 1.13. The molecule has 0 aliphatic heterocycles. The predicted molar refractivity (Wildman–Crippen MR) is 76.7 cm³/mol. The van der Waals surface area contributed by atoms with Gasteiger partial charge in [-0.15, -0.1) is 0 Å². The van der Waals surface area contributed by atoms with Crippen molar-refractivity contribution in [2.75, 3.05) is 0 Å². The number of fused-ring (bicyclic) bond motifs is 1. The molecular formula is C15H23N3. The summed E-state index contributed by atoms with van der Waals surface area (Å²) >= 11 is 0. The zero-order chi connectivity index (χ0) is 13.1. The van der Waals surface area contributed by atoms with Crippen LogP contribution in [-0.2, 0) is 6.54 Å². The second kappa shape index (κ2) is 5.53. The summed E-state index contributed by atoms with van der Waals surface area (Å²) in [5.41, 5.74) is 2.32. The fourth-order valence-corrected chi connectivity index (χ4v) is 2.21. The Kier molecular flexibility index (Phi) is 4.02. The van der Waals surface area contributed by atoms with E-state index in [0.29, 0.717) is 12.1 Å². The first-order chi connectivity index (χ1) is 8.63. The van der Waals surface area contributed by atoms with E-state index >= 15 is 0 Å². The van der Waals surface area contributed by atoms with Gasteiger partial charge in [-0.25, -0.2) is 4.98 Å². The largest absolute Gasteiger partial charge is 0.324 e. The summed E-state index contributed by atoms with van der Waals surface area (Å²) in [4.78, 5) is 4.74. The van der Waals surface area contributed by atoms with Crippen molar-refractivity contribution in [1.82, 2.24) is 14.9 Å². The maximum atomic E-state index is 4.74. The predicted octanol–water partition coefficient (Wildman–Crippen LogP) is 3.51. The highest BCUT2D eigenvalue weighted by Gasteiger charge is 2.12. The highest BCUT2D eigenvalue weighted by molar-refractivity contribution is 5.76. The van der Waals surface area contributed by atoms with Gasteiger partial charge in [-0.3, -0.25) is 0 Å². The molecule has 1 N–H and O–H groups in total. The molecule has 3 nitrogen and oxygen atoms in total. The Hall–Kier alpha value is -1.35. The van der Waals surface area contributed by atoms with Crippen LogP contribution in [0.15, 0.2) is 24.3 Å². The third-order valence-electron chi connectivity index (χ3n) is 3.41. The number of hydrogen-bond donors (Lipinski definition) is 1. The number of nitrogens with zero attached hydrogens (tertiary/aromatic N) is 2. The van der Waals surface area contributed by atoms with Crippen molar-refractivity contribution in [3.05, 3.63) is 30.1 Å². The molecule has 0 fully saturated rings. The Morgan fingerprint density at radius 3 is 2.61 bits per heavy atom. The smallest absolute Gasteiger partial charge is 0.124 e. The van der Waals surface area contributed by atoms with Gasteiger partial charge in [0.05, 0.1) is 17.6 Å². The van der Waals surface area contributed by atoms with Crippen molar-refractivity contribution in [1.29, 1.82) is 0 Å². The quantitative estimate of drug-likeness (QED) is 0.873. The minimum absolute atomic E-state index is 0.436. The molecule has 0 aliphatic carbocycles. The topological polar surface area (TPSA) is 29.9 Å². The first-order valence-corrected chi connectivity index (χ1v) is 6.82. The molecule has 0 saturated heterocycles. The van der Waals surface area contributed by atoms with Crippen LogP contribution in [0.25, 0.3) is 11.0 Å². The zero-order valence-corrected chi connectivity index (χ0v) is 11.8. The number of rotatable bonds is 5. The van der Waals surface area contributed by atoms with Crippen molar-refractivity contribution in [3.63, 3.8) is 0 Å². The van der Waals surface area contributed by atoms with E-state index in [1.165, 1.54) is 5.52 Å². The highest BCUT2D eigenvalue weighted by Crippen LogP contribution is 2.20. The van der Waals surface area contributed by atoms with E-state index < -0.39 is 0 Å². The van der Waals surface area contributed by atoms with Crippen molar-refractivity contribution in [3.8, 4) is 0 Å². The molecule has 0 saturated carbocycles. The summed E-state index contributed by atoms with van der Waals surface area (Å²) in [5, 5.41) is 3.52. The summed E-state index contributed by atoms with van der Waals surface area (Å²) in [6.07, 6.45) is 1.14. The molecule has 0 radical (unpaired) electrons. The molecule has 3 heteroatoms.